The number of benzene rings is 3. The zero-order valence-electron chi connectivity index (χ0n) is 13.7. The summed E-state index contributed by atoms with van der Waals surface area (Å²) in [5.74, 6) is 1.26. The van der Waals surface area contributed by atoms with Gasteiger partial charge in [-0.2, -0.15) is 0 Å². The van der Waals surface area contributed by atoms with E-state index in [9.17, 15) is 9.59 Å². The van der Waals surface area contributed by atoms with Crippen LogP contribution in [0.1, 0.15) is 28.5 Å². The number of carbonyl (C=O) groups excluding carboxylic acids is 2. The molecule has 0 radical (unpaired) electrons. The second kappa shape index (κ2) is 8.05. The quantitative estimate of drug-likeness (QED) is 0.487. The standard InChI is InChI=1S/C23H18O2/c24-16-21(18-10-4-1-5-11-18)23(20-14-8-3-9-15-20)22(17-25)19-12-6-2-7-13-19/h1-16,21,23H. The van der Waals surface area contributed by atoms with Crippen molar-refractivity contribution in [2.24, 2.45) is 0 Å². The molecule has 2 heteroatoms. The number of hydrogen-bond donors (Lipinski definition) is 0. The summed E-state index contributed by atoms with van der Waals surface area (Å²) in [5, 5.41) is 0. The normalized spacial score (nSPS) is 12.6. The maximum Gasteiger partial charge on any atom is 0.129 e. The van der Waals surface area contributed by atoms with Crippen molar-refractivity contribution >= 4 is 17.8 Å². The molecule has 3 aromatic rings. The SMILES string of the molecule is O=C=C(c1ccccc1)C(c1ccccc1)C(C=O)c1ccccc1. The molecule has 3 aromatic carbocycles. The first kappa shape index (κ1) is 16.6. The van der Waals surface area contributed by atoms with Crippen molar-refractivity contribution in [3.8, 4) is 0 Å². The van der Waals surface area contributed by atoms with E-state index < -0.39 is 5.92 Å². The lowest BCUT2D eigenvalue weighted by atomic mass is 9.76. The van der Waals surface area contributed by atoms with Crippen LogP contribution in [0.4, 0.5) is 0 Å². The fourth-order valence-corrected chi connectivity index (χ4v) is 3.16. The Bertz CT molecular complexity index is 864. The van der Waals surface area contributed by atoms with Crippen LogP contribution < -0.4 is 0 Å². The number of rotatable bonds is 6. The molecule has 0 heterocycles. The van der Waals surface area contributed by atoms with Crippen LogP contribution in [0.3, 0.4) is 0 Å². The third-order valence-corrected chi connectivity index (χ3v) is 4.35. The molecule has 0 aliphatic rings. The maximum atomic E-state index is 12.0. The van der Waals surface area contributed by atoms with Gasteiger partial charge in [0.25, 0.3) is 0 Å². The van der Waals surface area contributed by atoms with E-state index in [1.807, 2.05) is 91.0 Å². The average molecular weight is 326 g/mol. The molecule has 0 aliphatic carbocycles. The molecule has 2 unspecified atom stereocenters. The highest BCUT2D eigenvalue weighted by Gasteiger charge is 2.29. The lowest BCUT2D eigenvalue weighted by molar-refractivity contribution is -0.109. The summed E-state index contributed by atoms with van der Waals surface area (Å²) in [4.78, 5) is 23.9. The third-order valence-electron chi connectivity index (χ3n) is 4.35. The summed E-state index contributed by atoms with van der Waals surface area (Å²) in [6.07, 6.45) is 0.924. The first-order chi connectivity index (χ1) is 12.3. The second-order valence-electron chi connectivity index (χ2n) is 5.84. The average Bonchev–Trinajstić information content (AvgIpc) is 2.70. The predicted octanol–water partition coefficient (Wildman–Crippen LogP) is 4.67. The molecule has 0 saturated heterocycles. The van der Waals surface area contributed by atoms with Gasteiger partial charge in [-0.1, -0.05) is 91.0 Å². The summed E-state index contributed by atoms with van der Waals surface area (Å²) < 4.78 is 0. The molecule has 25 heavy (non-hydrogen) atoms. The van der Waals surface area contributed by atoms with Crippen LogP contribution in [0.15, 0.2) is 91.0 Å². The minimum absolute atomic E-state index is 0.388. The van der Waals surface area contributed by atoms with E-state index in [-0.39, 0.29) is 5.92 Å². The molecule has 0 bridgehead atoms. The minimum Gasteiger partial charge on any atom is -0.303 e. The highest BCUT2D eigenvalue weighted by atomic mass is 16.1. The van der Waals surface area contributed by atoms with E-state index in [0.29, 0.717) is 5.57 Å². The van der Waals surface area contributed by atoms with Crippen molar-refractivity contribution in [1.29, 1.82) is 0 Å². The highest BCUT2D eigenvalue weighted by Crippen LogP contribution is 2.40. The van der Waals surface area contributed by atoms with Crippen LogP contribution in [0, 0.1) is 0 Å². The van der Waals surface area contributed by atoms with Crippen LogP contribution in [0.2, 0.25) is 0 Å². The van der Waals surface area contributed by atoms with E-state index >= 15 is 0 Å². The summed E-state index contributed by atoms with van der Waals surface area (Å²) in [7, 11) is 0. The van der Waals surface area contributed by atoms with E-state index in [2.05, 4.69) is 5.94 Å². The first-order valence-corrected chi connectivity index (χ1v) is 8.20. The highest BCUT2D eigenvalue weighted by molar-refractivity contribution is 5.93. The first-order valence-electron chi connectivity index (χ1n) is 8.20. The Kier molecular flexibility index (Phi) is 5.36. The molecule has 3 rings (SSSR count). The second-order valence-corrected chi connectivity index (χ2v) is 5.84. The molecular weight excluding hydrogens is 308 g/mol. The van der Waals surface area contributed by atoms with E-state index in [4.69, 9.17) is 0 Å². The molecule has 0 aliphatic heterocycles. The van der Waals surface area contributed by atoms with Gasteiger partial charge in [-0.15, -0.1) is 0 Å². The van der Waals surface area contributed by atoms with Gasteiger partial charge in [0, 0.05) is 5.92 Å². The molecule has 2 nitrogen and oxygen atoms in total. The van der Waals surface area contributed by atoms with Crippen LogP contribution in [-0.2, 0) is 9.59 Å². The van der Waals surface area contributed by atoms with Crippen molar-refractivity contribution in [3.63, 3.8) is 0 Å². The van der Waals surface area contributed by atoms with Crippen molar-refractivity contribution < 1.29 is 9.59 Å². The van der Waals surface area contributed by atoms with Crippen LogP contribution >= 0.6 is 0 Å². The van der Waals surface area contributed by atoms with Gasteiger partial charge < -0.3 is 4.79 Å². The zero-order chi connectivity index (χ0) is 17.5. The largest absolute Gasteiger partial charge is 0.303 e. The Morgan fingerprint density at radius 1 is 0.720 bits per heavy atom. The molecule has 0 amide bonds. The van der Waals surface area contributed by atoms with Crippen molar-refractivity contribution in [3.05, 3.63) is 108 Å². The van der Waals surface area contributed by atoms with Gasteiger partial charge in [0.2, 0.25) is 0 Å². The molecular formula is C23H18O2. The van der Waals surface area contributed by atoms with Crippen LogP contribution in [-0.4, -0.2) is 12.2 Å². The van der Waals surface area contributed by atoms with E-state index in [1.54, 1.807) is 0 Å². The smallest absolute Gasteiger partial charge is 0.129 e. The maximum absolute atomic E-state index is 12.0. The zero-order valence-corrected chi connectivity index (χ0v) is 13.7. The summed E-state index contributed by atoms with van der Waals surface area (Å²) in [5.41, 5.74) is 3.09. The number of hydrogen-bond acceptors (Lipinski definition) is 2. The molecule has 0 saturated carbocycles. The molecule has 0 aromatic heterocycles. The van der Waals surface area contributed by atoms with Gasteiger partial charge in [-0.3, -0.25) is 0 Å². The van der Waals surface area contributed by atoms with E-state index in [0.717, 1.165) is 23.0 Å². The van der Waals surface area contributed by atoms with Crippen molar-refractivity contribution in [2.75, 3.05) is 0 Å². The molecule has 0 spiro atoms. The molecule has 122 valence electrons. The van der Waals surface area contributed by atoms with Gasteiger partial charge in [0.05, 0.1) is 11.5 Å². The number of carbonyl (C=O) groups is 1. The fourth-order valence-electron chi connectivity index (χ4n) is 3.16. The molecule has 0 N–H and O–H groups in total. The number of aldehydes is 1. The number of allylic oxidation sites excluding steroid dienone is 1. The Labute approximate surface area is 147 Å². The van der Waals surface area contributed by atoms with Gasteiger partial charge in [-0.05, 0) is 16.7 Å². The topological polar surface area (TPSA) is 34.1 Å². The predicted molar refractivity (Wildman–Crippen MR) is 100.0 cm³/mol. The van der Waals surface area contributed by atoms with Gasteiger partial charge in [-0.25, -0.2) is 4.79 Å². The monoisotopic (exact) mass is 326 g/mol. The summed E-state index contributed by atoms with van der Waals surface area (Å²) in [6.45, 7) is 0. The van der Waals surface area contributed by atoms with Gasteiger partial charge in [0.15, 0.2) is 0 Å². The van der Waals surface area contributed by atoms with Gasteiger partial charge in [0.1, 0.15) is 12.2 Å². The van der Waals surface area contributed by atoms with E-state index in [1.165, 1.54) is 0 Å². The summed E-state index contributed by atoms with van der Waals surface area (Å²) in [6, 6.07) is 28.6. The Balaban J connectivity index is 2.16. The fraction of sp³-hybridized carbons (Fsp3) is 0.0870. The molecule has 0 fully saturated rings. The lowest BCUT2D eigenvalue weighted by Gasteiger charge is -2.25. The van der Waals surface area contributed by atoms with Crippen molar-refractivity contribution in [1.82, 2.24) is 0 Å². The Morgan fingerprint density at radius 3 is 1.68 bits per heavy atom. The van der Waals surface area contributed by atoms with Gasteiger partial charge >= 0.3 is 0 Å². The summed E-state index contributed by atoms with van der Waals surface area (Å²) >= 11 is 0. The van der Waals surface area contributed by atoms with Crippen molar-refractivity contribution in [2.45, 2.75) is 11.8 Å². The van der Waals surface area contributed by atoms with Crippen LogP contribution in [0.25, 0.3) is 5.57 Å². The molecule has 2 atom stereocenters. The van der Waals surface area contributed by atoms with Crippen LogP contribution in [0.5, 0.6) is 0 Å². The Hall–Kier alpha value is -3.22. The third kappa shape index (κ3) is 3.65. The minimum atomic E-state index is -0.458. The lowest BCUT2D eigenvalue weighted by Crippen LogP contribution is -2.15. The Morgan fingerprint density at radius 2 is 1.20 bits per heavy atom.